The van der Waals surface area contributed by atoms with Gasteiger partial charge in [0.1, 0.15) is 0 Å². The van der Waals surface area contributed by atoms with Gasteiger partial charge in [-0.25, -0.2) is 0 Å². The number of nitrogen functional groups attached to an aromatic ring is 1. The molecule has 0 aliphatic rings. The number of rotatable bonds is 7. The van der Waals surface area contributed by atoms with E-state index in [1.165, 1.54) is 36.3 Å². The molecule has 90 valence electrons. The van der Waals surface area contributed by atoms with Crippen LogP contribution in [0.15, 0.2) is 24.3 Å². The van der Waals surface area contributed by atoms with Crippen LogP contribution in [0.1, 0.15) is 32.3 Å². The SMILES string of the molecule is CC(C)CCSCCCc1ccc(N)cc1. The van der Waals surface area contributed by atoms with Crippen molar-refractivity contribution in [1.82, 2.24) is 0 Å². The normalized spacial score (nSPS) is 10.9. The highest BCUT2D eigenvalue weighted by molar-refractivity contribution is 7.99. The van der Waals surface area contributed by atoms with Crippen LogP contribution in [-0.4, -0.2) is 11.5 Å². The second kappa shape index (κ2) is 7.61. The summed E-state index contributed by atoms with van der Waals surface area (Å²) in [5.74, 6) is 3.42. The van der Waals surface area contributed by atoms with E-state index in [9.17, 15) is 0 Å². The summed E-state index contributed by atoms with van der Waals surface area (Å²) < 4.78 is 0. The Kier molecular flexibility index (Phi) is 6.39. The first-order valence-electron chi connectivity index (χ1n) is 6.10. The maximum absolute atomic E-state index is 5.65. The van der Waals surface area contributed by atoms with Crippen LogP contribution in [0.25, 0.3) is 0 Å². The molecule has 0 radical (unpaired) electrons. The van der Waals surface area contributed by atoms with Crippen LogP contribution in [0.3, 0.4) is 0 Å². The highest BCUT2D eigenvalue weighted by Gasteiger charge is 1.96. The predicted octanol–water partition coefficient (Wildman–Crippen LogP) is 3.98. The molecule has 0 aromatic heterocycles. The Bertz CT molecular complexity index is 279. The molecule has 2 heteroatoms. The quantitative estimate of drug-likeness (QED) is 0.573. The van der Waals surface area contributed by atoms with Gasteiger partial charge in [-0.15, -0.1) is 0 Å². The molecule has 0 aliphatic carbocycles. The molecule has 0 saturated heterocycles. The number of hydrogen-bond donors (Lipinski definition) is 1. The molecule has 1 nitrogen and oxygen atoms in total. The average Bonchev–Trinajstić information content (AvgIpc) is 2.25. The molecule has 0 fully saturated rings. The summed E-state index contributed by atoms with van der Waals surface area (Å²) in [6, 6.07) is 8.24. The van der Waals surface area contributed by atoms with Gasteiger partial charge in [0.05, 0.1) is 0 Å². The van der Waals surface area contributed by atoms with Gasteiger partial charge in [0.25, 0.3) is 0 Å². The van der Waals surface area contributed by atoms with Crippen molar-refractivity contribution in [2.75, 3.05) is 17.2 Å². The van der Waals surface area contributed by atoms with Crippen molar-refractivity contribution in [1.29, 1.82) is 0 Å². The van der Waals surface area contributed by atoms with Gasteiger partial charge in [-0.3, -0.25) is 0 Å². The van der Waals surface area contributed by atoms with E-state index in [-0.39, 0.29) is 0 Å². The Morgan fingerprint density at radius 1 is 1.12 bits per heavy atom. The van der Waals surface area contributed by atoms with Crippen LogP contribution in [-0.2, 0) is 6.42 Å². The third-order valence-corrected chi connectivity index (χ3v) is 3.68. The van der Waals surface area contributed by atoms with Crippen molar-refractivity contribution < 1.29 is 0 Å². The van der Waals surface area contributed by atoms with Crippen LogP contribution in [0, 0.1) is 5.92 Å². The Morgan fingerprint density at radius 3 is 2.44 bits per heavy atom. The second-order valence-corrected chi connectivity index (χ2v) is 5.86. The molecule has 0 aliphatic heterocycles. The van der Waals surface area contributed by atoms with Gasteiger partial charge in [-0.05, 0) is 54.4 Å². The molecular weight excluding hydrogens is 214 g/mol. The van der Waals surface area contributed by atoms with E-state index in [0.29, 0.717) is 0 Å². The molecule has 1 aromatic carbocycles. The standard InChI is InChI=1S/C14H23NS/c1-12(2)9-11-16-10-3-4-13-5-7-14(15)8-6-13/h5-8,12H,3-4,9-11,15H2,1-2H3. The van der Waals surface area contributed by atoms with Gasteiger partial charge >= 0.3 is 0 Å². The average molecular weight is 237 g/mol. The Labute approximate surface area is 104 Å². The summed E-state index contributed by atoms with van der Waals surface area (Å²) in [5.41, 5.74) is 7.90. The largest absolute Gasteiger partial charge is 0.399 e. The van der Waals surface area contributed by atoms with Crippen molar-refractivity contribution in [2.24, 2.45) is 5.92 Å². The predicted molar refractivity (Wildman–Crippen MR) is 76.0 cm³/mol. The van der Waals surface area contributed by atoms with Crippen LogP contribution < -0.4 is 5.73 Å². The van der Waals surface area contributed by atoms with E-state index in [0.717, 1.165) is 11.6 Å². The lowest BCUT2D eigenvalue weighted by atomic mass is 10.1. The summed E-state index contributed by atoms with van der Waals surface area (Å²) in [6.45, 7) is 4.57. The zero-order valence-corrected chi connectivity index (χ0v) is 11.2. The van der Waals surface area contributed by atoms with E-state index in [1.54, 1.807) is 0 Å². The highest BCUT2D eigenvalue weighted by atomic mass is 32.2. The molecule has 2 N–H and O–H groups in total. The lowest BCUT2D eigenvalue weighted by Gasteiger charge is -2.04. The van der Waals surface area contributed by atoms with Crippen molar-refractivity contribution in [2.45, 2.75) is 33.1 Å². The fourth-order valence-electron chi connectivity index (χ4n) is 1.48. The summed E-state index contributed by atoms with van der Waals surface area (Å²) in [7, 11) is 0. The fourth-order valence-corrected chi connectivity index (χ4v) is 2.67. The Balaban J connectivity index is 2.05. The van der Waals surface area contributed by atoms with Gasteiger partial charge in [-0.1, -0.05) is 26.0 Å². The van der Waals surface area contributed by atoms with Crippen LogP contribution in [0.2, 0.25) is 0 Å². The summed E-state index contributed by atoms with van der Waals surface area (Å²) in [5, 5.41) is 0. The number of nitrogens with two attached hydrogens (primary N) is 1. The Hall–Kier alpha value is -0.630. The third kappa shape index (κ3) is 6.06. The van der Waals surface area contributed by atoms with Crippen LogP contribution in [0.5, 0.6) is 0 Å². The lowest BCUT2D eigenvalue weighted by Crippen LogP contribution is -1.93. The van der Waals surface area contributed by atoms with E-state index in [1.807, 2.05) is 12.1 Å². The number of benzene rings is 1. The number of anilines is 1. The maximum atomic E-state index is 5.65. The number of hydrogen-bond acceptors (Lipinski definition) is 2. The van der Waals surface area contributed by atoms with Gasteiger partial charge in [0.2, 0.25) is 0 Å². The first-order valence-corrected chi connectivity index (χ1v) is 7.26. The summed E-state index contributed by atoms with van der Waals surface area (Å²) >= 11 is 2.08. The van der Waals surface area contributed by atoms with Crippen molar-refractivity contribution in [3.63, 3.8) is 0 Å². The molecule has 0 heterocycles. The second-order valence-electron chi connectivity index (χ2n) is 4.64. The van der Waals surface area contributed by atoms with Crippen LogP contribution >= 0.6 is 11.8 Å². The van der Waals surface area contributed by atoms with Gasteiger partial charge in [0.15, 0.2) is 0 Å². The van der Waals surface area contributed by atoms with Crippen molar-refractivity contribution >= 4 is 17.4 Å². The Morgan fingerprint density at radius 2 is 1.81 bits per heavy atom. The first-order chi connectivity index (χ1) is 7.68. The van der Waals surface area contributed by atoms with E-state index >= 15 is 0 Å². The summed E-state index contributed by atoms with van der Waals surface area (Å²) in [4.78, 5) is 0. The van der Waals surface area contributed by atoms with E-state index in [2.05, 4.69) is 37.7 Å². The molecule has 0 bridgehead atoms. The highest BCUT2D eigenvalue weighted by Crippen LogP contribution is 2.12. The molecule has 1 aromatic rings. The minimum atomic E-state index is 0.838. The molecule has 0 unspecified atom stereocenters. The summed E-state index contributed by atoms with van der Waals surface area (Å²) in [6.07, 6.45) is 3.79. The fraction of sp³-hybridized carbons (Fsp3) is 0.571. The van der Waals surface area contributed by atoms with Crippen molar-refractivity contribution in [3.8, 4) is 0 Å². The molecule has 0 spiro atoms. The van der Waals surface area contributed by atoms with Gasteiger partial charge < -0.3 is 5.73 Å². The molecular formula is C14H23NS. The smallest absolute Gasteiger partial charge is 0.0314 e. The number of thioether (sulfide) groups is 1. The third-order valence-electron chi connectivity index (χ3n) is 2.57. The van der Waals surface area contributed by atoms with Gasteiger partial charge in [-0.2, -0.15) is 11.8 Å². The van der Waals surface area contributed by atoms with E-state index < -0.39 is 0 Å². The molecule has 16 heavy (non-hydrogen) atoms. The molecule has 0 saturated carbocycles. The lowest BCUT2D eigenvalue weighted by molar-refractivity contribution is 0.632. The van der Waals surface area contributed by atoms with Crippen LogP contribution in [0.4, 0.5) is 5.69 Å². The monoisotopic (exact) mass is 237 g/mol. The first kappa shape index (κ1) is 13.4. The minimum absolute atomic E-state index is 0.838. The van der Waals surface area contributed by atoms with Crippen molar-refractivity contribution in [3.05, 3.63) is 29.8 Å². The zero-order valence-electron chi connectivity index (χ0n) is 10.4. The molecule has 0 atom stereocenters. The van der Waals surface area contributed by atoms with Gasteiger partial charge in [0, 0.05) is 5.69 Å². The topological polar surface area (TPSA) is 26.0 Å². The number of aryl methyl sites for hydroxylation is 1. The molecule has 1 rings (SSSR count). The minimum Gasteiger partial charge on any atom is -0.399 e. The molecule has 0 amide bonds. The zero-order chi connectivity index (χ0) is 11.8. The maximum Gasteiger partial charge on any atom is 0.0314 e. The van der Waals surface area contributed by atoms with E-state index in [4.69, 9.17) is 5.73 Å².